The number of hydrazone groups is 1. The molecule has 4 nitrogen and oxygen atoms in total. The van der Waals surface area contributed by atoms with Gasteiger partial charge in [0.2, 0.25) is 0 Å². The van der Waals surface area contributed by atoms with Gasteiger partial charge in [-0.3, -0.25) is 4.79 Å². The van der Waals surface area contributed by atoms with Crippen LogP contribution in [0.15, 0.2) is 53.6 Å². The van der Waals surface area contributed by atoms with Crippen LogP contribution in [0.25, 0.3) is 0 Å². The predicted octanol–water partition coefficient (Wildman–Crippen LogP) is 3.28. The maximum absolute atomic E-state index is 11.9. The minimum Gasteiger partial charge on any atom is -0.508 e. The molecule has 2 rings (SSSR count). The Balaban J connectivity index is 1.98. The van der Waals surface area contributed by atoms with E-state index < -0.39 is 0 Å². The first kappa shape index (κ1) is 14.8. The molecule has 21 heavy (non-hydrogen) atoms. The summed E-state index contributed by atoms with van der Waals surface area (Å²) in [4.78, 5) is 11.9. The molecule has 0 saturated heterocycles. The second kappa shape index (κ2) is 6.70. The average molecular weight is 282 g/mol. The molecule has 4 heteroatoms. The number of benzene rings is 2. The van der Waals surface area contributed by atoms with E-state index >= 15 is 0 Å². The van der Waals surface area contributed by atoms with E-state index in [9.17, 15) is 9.90 Å². The minimum absolute atomic E-state index is 0.162. The molecule has 2 N–H and O–H groups in total. The van der Waals surface area contributed by atoms with Crippen molar-refractivity contribution < 1.29 is 9.90 Å². The molecule has 0 bridgehead atoms. The summed E-state index contributed by atoms with van der Waals surface area (Å²) in [5.74, 6) is 0.335. The van der Waals surface area contributed by atoms with Crippen LogP contribution in [-0.2, 0) is 0 Å². The summed E-state index contributed by atoms with van der Waals surface area (Å²) in [6.07, 6.45) is 1.49. The van der Waals surface area contributed by atoms with Gasteiger partial charge in [-0.1, -0.05) is 38.1 Å². The van der Waals surface area contributed by atoms with Crippen LogP contribution >= 0.6 is 0 Å². The number of phenolic OH excluding ortho intramolecular Hbond substituents is 1. The van der Waals surface area contributed by atoms with Gasteiger partial charge in [-0.2, -0.15) is 5.10 Å². The molecule has 0 saturated carbocycles. The highest BCUT2D eigenvalue weighted by Gasteiger charge is 2.05. The van der Waals surface area contributed by atoms with Crippen LogP contribution in [0.4, 0.5) is 0 Å². The summed E-state index contributed by atoms with van der Waals surface area (Å²) in [5, 5.41) is 13.2. The van der Waals surface area contributed by atoms with Crippen LogP contribution in [0.1, 0.15) is 41.3 Å². The molecule has 0 aromatic heterocycles. The number of hydrogen-bond donors (Lipinski definition) is 2. The van der Waals surface area contributed by atoms with Gasteiger partial charge in [0.1, 0.15) is 5.75 Å². The van der Waals surface area contributed by atoms with Crippen LogP contribution in [0.5, 0.6) is 5.75 Å². The van der Waals surface area contributed by atoms with Crippen molar-refractivity contribution >= 4 is 12.1 Å². The van der Waals surface area contributed by atoms with E-state index in [-0.39, 0.29) is 11.7 Å². The highest BCUT2D eigenvalue weighted by molar-refractivity contribution is 5.94. The smallest absolute Gasteiger partial charge is 0.271 e. The lowest BCUT2D eigenvalue weighted by Crippen LogP contribution is -2.17. The zero-order valence-corrected chi connectivity index (χ0v) is 12.1. The first-order valence-corrected chi connectivity index (χ1v) is 6.78. The van der Waals surface area contributed by atoms with Crippen LogP contribution in [-0.4, -0.2) is 17.2 Å². The fraction of sp³-hybridized carbons (Fsp3) is 0.176. The Morgan fingerprint density at radius 1 is 1.19 bits per heavy atom. The molecule has 0 atom stereocenters. The quantitative estimate of drug-likeness (QED) is 0.667. The topological polar surface area (TPSA) is 61.7 Å². The first-order chi connectivity index (χ1) is 10.1. The molecular formula is C17H18N2O2. The SMILES string of the molecule is CC(C)c1ccc(C(=O)NN=Cc2cccc(O)c2)cc1. The molecule has 2 aromatic rings. The van der Waals surface area contributed by atoms with Crippen LogP contribution in [0.2, 0.25) is 0 Å². The molecule has 0 aliphatic heterocycles. The molecule has 0 aliphatic rings. The summed E-state index contributed by atoms with van der Waals surface area (Å²) in [6.45, 7) is 4.21. The lowest BCUT2D eigenvalue weighted by molar-refractivity contribution is 0.0955. The van der Waals surface area contributed by atoms with Gasteiger partial charge in [-0.15, -0.1) is 0 Å². The van der Waals surface area contributed by atoms with E-state index in [2.05, 4.69) is 24.4 Å². The maximum Gasteiger partial charge on any atom is 0.271 e. The maximum atomic E-state index is 11.9. The van der Waals surface area contributed by atoms with Crippen molar-refractivity contribution in [3.63, 3.8) is 0 Å². The molecule has 0 unspecified atom stereocenters. The number of phenols is 1. The zero-order chi connectivity index (χ0) is 15.2. The minimum atomic E-state index is -0.262. The molecule has 108 valence electrons. The van der Waals surface area contributed by atoms with Crippen molar-refractivity contribution in [1.82, 2.24) is 5.43 Å². The number of amides is 1. The Labute approximate surface area is 124 Å². The van der Waals surface area contributed by atoms with Gasteiger partial charge < -0.3 is 5.11 Å². The summed E-state index contributed by atoms with van der Waals surface area (Å²) in [7, 11) is 0. The fourth-order valence-electron chi connectivity index (χ4n) is 1.85. The molecule has 0 spiro atoms. The van der Waals surface area contributed by atoms with E-state index in [1.807, 2.05) is 12.1 Å². The third-order valence-corrected chi connectivity index (χ3v) is 3.09. The molecule has 2 aromatic carbocycles. The third kappa shape index (κ3) is 4.18. The summed E-state index contributed by atoms with van der Waals surface area (Å²) in [6, 6.07) is 14.1. The third-order valence-electron chi connectivity index (χ3n) is 3.09. The Morgan fingerprint density at radius 3 is 2.52 bits per heavy atom. The number of rotatable bonds is 4. The standard InChI is InChI=1S/C17H18N2O2/c1-12(2)14-6-8-15(9-7-14)17(21)19-18-11-13-4-3-5-16(20)10-13/h3-12,20H,1-2H3,(H,19,21). The van der Waals surface area contributed by atoms with Gasteiger partial charge in [0, 0.05) is 5.56 Å². The van der Waals surface area contributed by atoms with Crippen molar-refractivity contribution in [2.24, 2.45) is 5.10 Å². The van der Waals surface area contributed by atoms with Crippen LogP contribution in [0.3, 0.4) is 0 Å². The number of hydrogen-bond acceptors (Lipinski definition) is 3. The molecule has 0 radical (unpaired) electrons. The number of carbonyl (C=O) groups excluding carboxylic acids is 1. The molecule has 0 fully saturated rings. The largest absolute Gasteiger partial charge is 0.508 e. The first-order valence-electron chi connectivity index (χ1n) is 6.78. The van der Waals surface area contributed by atoms with Gasteiger partial charge in [-0.25, -0.2) is 5.43 Å². The summed E-state index contributed by atoms with van der Waals surface area (Å²) in [5.41, 5.74) is 4.93. The molecule has 1 amide bonds. The molecular weight excluding hydrogens is 264 g/mol. The molecule has 0 heterocycles. The van der Waals surface area contributed by atoms with Crippen LogP contribution < -0.4 is 5.43 Å². The summed E-state index contributed by atoms with van der Waals surface area (Å²) < 4.78 is 0. The Morgan fingerprint density at radius 2 is 1.90 bits per heavy atom. The zero-order valence-electron chi connectivity index (χ0n) is 12.1. The number of carbonyl (C=O) groups is 1. The van der Waals surface area contributed by atoms with Gasteiger partial charge in [0.25, 0.3) is 5.91 Å². The number of nitrogens with one attached hydrogen (secondary N) is 1. The second-order valence-electron chi connectivity index (χ2n) is 5.07. The molecule has 0 aliphatic carbocycles. The van der Waals surface area contributed by atoms with Crippen molar-refractivity contribution in [2.75, 3.05) is 0 Å². The highest BCUT2D eigenvalue weighted by Crippen LogP contribution is 2.14. The fourth-order valence-corrected chi connectivity index (χ4v) is 1.85. The lowest BCUT2D eigenvalue weighted by Gasteiger charge is -2.05. The van der Waals surface area contributed by atoms with Gasteiger partial charge in [0.05, 0.1) is 6.21 Å². The number of aromatic hydroxyl groups is 1. The van der Waals surface area contributed by atoms with Gasteiger partial charge >= 0.3 is 0 Å². The van der Waals surface area contributed by atoms with E-state index in [1.165, 1.54) is 11.8 Å². The monoisotopic (exact) mass is 282 g/mol. The number of nitrogens with zero attached hydrogens (tertiary/aromatic N) is 1. The van der Waals surface area contributed by atoms with E-state index in [0.29, 0.717) is 17.0 Å². The second-order valence-corrected chi connectivity index (χ2v) is 5.07. The van der Waals surface area contributed by atoms with Crippen molar-refractivity contribution in [1.29, 1.82) is 0 Å². The highest BCUT2D eigenvalue weighted by atomic mass is 16.3. The van der Waals surface area contributed by atoms with Crippen molar-refractivity contribution in [2.45, 2.75) is 19.8 Å². The van der Waals surface area contributed by atoms with Crippen LogP contribution in [0, 0.1) is 0 Å². The Bertz CT molecular complexity index is 646. The van der Waals surface area contributed by atoms with Gasteiger partial charge in [0.15, 0.2) is 0 Å². The summed E-state index contributed by atoms with van der Waals surface area (Å²) >= 11 is 0. The van der Waals surface area contributed by atoms with Crippen molar-refractivity contribution in [3.8, 4) is 5.75 Å². The predicted molar refractivity (Wildman–Crippen MR) is 83.7 cm³/mol. The average Bonchev–Trinajstić information content (AvgIpc) is 2.47. The van der Waals surface area contributed by atoms with E-state index in [0.717, 1.165) is 0 Å². The van der Waals surface area contributed by atoms with Crippen molar-refractivity contribution in [3.05, 3.63) is 65.2 Å². The normalized spacial score (nSPS) is 11.0. The Kier molecular flexibility index (Phi) is 4.72. The van der Waals surface area contributed by atoms with Gasteiger partial charge in [-0.05, 0) is 41.3 Å². The Hall–Kier alpha value is -2.62. The van der Waals surface area contributed by atoms with E-state index in [1.54, 1.807) is 36.4 Å². The lowest BCUT2D eigenvalue weighted by atomic mass is 10.0. The van der Waals surface area contributed by atoms with E-state index in [4.69, 9.17) is 0 Å².